The van der Waals surface area contributed by atoms with Crippen molar-refractivity contribution in [3.63, 3.8) is 0 Å². The second-order valence-corrected chi connectivity index (χ2v) is 7.54. The summed E-state index contributed by atoms with van der Waals surface area (Å²) in [7, 11) is 0. The molecule has 0 saturated heterocycles. The highest BCUT2D eigenvalue weighted by Crippen LogP contribution is 2.49. The first kappa shape index (κ1) is 39.5. The number of imidazole rings is 1. The van der Waals surface area contributed by atoms with E-state index in [4.69, 9.17) is 0 Å². The van der Waals surface area contributed by atoms with Crippen molar-refractivity contribution in [2.45, 2.75) is 74.7 Å². The van der Waals surface area contributed by atoms with Crippen LogP contribution in [0.1, 0.15) is 0 Å². The molecule has 0 radical (unpaired) electrons. The standard InChI is InChI=1S/C15H7F22N2O5/c16-6(17,40-8(20,21)10(24,25)42-11(26,27)13(30,31)44-15(35,36)37)3-38-1-2-39(5-38)4-7(18,19)41-9(22,23)12(28,29)43-14(32,33)34/h1-2,5H,3-4H2/q+1. The van der Waals surface area contributed by atoms with Gasteiger partial charge in [-0.15, -0.1) is 26.3 Å². The van der Waals surface area contributed by atoms with Crippen LogP contribution in [0.3, 0.4) is 0 Å². The topological polar surface area (TPSA) is 55.0 Å². The zero-order valence-electron chi connectivity index (χ0n) is 19.4. The maximum absolute atomic E-state index is 13.8. The van der Waals surface area contributed by atoms with Crippen molar-refractivity contribution in [2.24, 2.45) is 0 Å². The van der Waals surface area contributed by atoms with Gasteiger partial charge < -0.3 is 0 Å². The molecule has 0 atom stereocenters. The summed E-state index contributed by atoms with van der Waals surface area (Å²) in [6.45, 7) is -5.06. The molecule has 0 amide bonds. The third-order valence-corrected chi connectivity index (χ3v) is 3.80. The van der Waals surface area contributed by atoms with Crippen LogP contribution >= 0.6 is 0 Å². The average molecular weight is 713 g/mol. The highest BCUT2D eigenvalue weighted by Gasteiger charge is 2.74. The van der Waals surface area contributed by atoms with E-state index in [2.05, 4.69) is 9.47 Å². The lowest BCUT2D eigenvalue weighted by molar-refractivity contribution is -0.729. The molecule has 29 heteroatoms. The quantitative estimate of drug-likeness (QED) is 0.151. The predicted octanol–water partition coefficient (Wildman–Crippen LogP) is 6.64. The van der Waals surface area contributed by atoms with Crippen molar-refractivity contribution >= 4 is 0 Å². The molecule has 260 valence electrons. The maximum atomic E-state index is 13.8. The van der Waals surface area contributed by atoms with Gasteiger partial charge in [0, 0.05) is 0 Å². The van der Waals surface area contributed by atoms with Crippen molar-refractivity contribution in [3.05, 3.63) is 18.7 Å². The minimum absolute atomic E-state index is 0.0445. The molecule has 0 N–H and O–H groups in total. The Morgan fingerprint density at radius 1 is 0.432 bits per heavy atom. The van der Waals surface area contributed by atoms with Crippen LogP contribution in [0, 0.1) is 0 Å². The highest BCUT2D eigenvalue weighted by molar-refractivity contribution is 4.77. The minimum atomic E-state index is -7.33. The molecule has 0 fully saturated rings. The fourth-order valence-electron chi connectivity index (χ4n) is 2.30. The summed E-state index contributed by atoms with van der Waals surface area (Å²) < 4.78 is 291. The molecule has 1 heterocycles. The van der Waals surface area contributed by atoms with Gasteiger partial charge in [-0.2, -0.15) is 70.2 Å². The number of alkyl halides is 22. The van der Waals surface area contributed by atoms with E-state index in [1.807, 2.05) is 0 Å². The second kappa shape index (κ2) is 11.7. The Balaban J connectivity index is 3.02. The van der Waals surface area contributed by atoms with E-state index >= 15 is 0 Å². The highest BCUT2D eigenvalue weighted by atomic mass is 19.4. The van der Waals surface area contributed by atoms with Crippen LogP contribution in [-0.4, -0.2) is 66.2 Å². The molecule has 44 heavy (non-hydrogen) atoms. The SMILES string of the molecule is FC(F)(F)OC(F)(F)C(F)(F)OC(F)(F)C[n+]1ccn(CC(F)(F)OC(F)(F)C(F)(F)OC(F)(F)C(F)(F)OC(F)(F)F)c1. The molecule has 0 aliphatic rings. The van der Waals surface area contributed by atoms with Crippen molar-refractivity contribution < 1.29 is 125 Å². The first-order valence-corrected chi connectivity index (χ1v) is 9.65. The summed E-state index contributed by atoms with van der Waals surface area (Å²) >= 11 is 0. The van der Waals surface area contributed by atoms with Crippen LogP contribution < -0.4 is 4.57 Å². The van der Waals surface area contributed by atoms with Crippen molar-refractivity contribution in [3.8, 4) is 0 Å². The molecular formula is C15H7F22N2O5+. The summed E-state index contributed by atoms with van der Waals surface area (Å²) in [5.74, 6) is 0. The van der Waals surface area contributed by atoms with E-state index < -0.39 is 74.7 Å². The van der Waals surface area contributed by atoms with E-state index in [-0.39, 0.29) is 27.9 Å². The van der Waals surface area contributed by atoms with Gasteiger partial charge in [0.1, 0.15) is 12.4 Å². The van der Waals surface area contributed by atoms with Gasteiger partial charge in [-0.3, -0.25) is 0 Å². The number of hydrogen-bond acceptors (Lipinski definition) is 5. The summed E-state index contributed by atoms with van der Waals surface area (Å²) in [6, 6.07) is 0. The van der Waals surface area contributed by atoms with Crippen LogP contribution in [0.4, 0.5) is 96.6 Å². The van der Waals surface area contributed by atoms with E-state index in [0.717, 1.165) is 0 Å². The number of ether oxygens (including phenoxy) is 5. The molecule has 1 aromatic heterocycles. The van der Waals surface area contributed by atoms with E-state index in [9.17, 15) is 96.6 Å². The molecule has 7 nitrogen and oxygen atoms in total. The molecule has 0 aliphatic carbocycles. The van der Waals surface area contributed by atoms with Gasteiger partial charge in [0.2, 0.25) is 6.33 Å². The van der Waals surface area contributed by atoms with Crippen LogP contribution in [0.2, 0.25) is 0 Å². The molecule has 0 spiro atoms. The van der Waals surface area contributed by atoms with Crippen molar-refractivity contribution in [2.75, 3.05) is 0 Å². The first-order valence-electron chi connectivity index (χ1n) is 9.65. The predicted molar refractivity (Wildman–Crippen MR) is 81.7 cm³/mol. The molecular weight excluding hydrogens is 706 g/mol. The number of hydrogen-bond donors (Lipinski definition) is 0. The Kier molecular flexibility index (Phi) is 10.5. The second-order valence-electron chi connectivity index (χ2n) is 7.54. The van der Waals surface area contributed by atoms with E-state index in [1.54, 1.807) is 9.47 Å². The summed E-state index contributed by atoms with van der Waals surface area (Å²) in [4.78, 5) is 0. The zero-order chi connectivity index (χ0) is 35.2. The van der Waals surface area contributed by atoms with Crippen molar-refractivity contribution in [1.29, 1.82) is 0 Å². The number of rotatable bonds is 15. The Bertz CT molecular complexity index is 1110. The Hall–Kier alpha value is -2.53. The van der Waals surface area contributed by atoms with Crippen LogP contribution in [0.15, 0.2) is 18.7 Å². The number of halogens is 22. The normalized spacial score (nSPS) is 15.7. The fraction of sp³-hybridized carbons (Fsp3) is 0.800. The minimum Gasteiger partial charge on any atom is -0.245 e. The van der Waals surface area contributed by atoms with Gasteiger partial charge >= 0.3 is 61.6 Å². The van der Waals surface area contributed by atoms with E-state index in [0.29, 0.717) is 0 Å². The molecule has 0 aromatic carbocycles. The molecule has 1 rings (SSSR count). The smallest absolute Gasteiger partial charge is 0.245 e. The number of aromatic nitrogens is 2. The lowest BCUT2D eigenvalue weighted by atomic mass is 10.5. The third-order valence-electron chi connectivity index (χ3n) is 3.80. The Morgan fingerprint density at radius 2 is 0.750 bits per heavy atom. The van der Waals surface area contributed by atoms with Gasteiger partial charge in [0.05, 0.1) is 0 Å². The zero-order valence-corrected chi connectivity index (χ0v) is 19.4. The molecule has 0 aliphatic heterocycles. The Morgan fingerprint density at radius 3 is 1.11 bits per heavy atom. The lowest BCUT2D eigenvalue weighted by Gasteiger charge is -2.33. The first-order chi connectivity index (χ1) is 18.9. The van der Waals surface area contributed by atoms with Gasteiger partial charge in [-0.05, 0) is 0 Å². The van der Waals surface area contributed by atoms with Gasteiger partial charge in [-0.1, -0.05) is 0 Å². The van der Waals surface area contributed by atoms with Crippen LogP contribution in [-0.2, 0) is 36.8 Å². The average Bonchev–Trinajstić information content (AvgIpc) is 3.05. The number of nitrogens with zero attached hydrogens (tertiary/aromatic N) is 2. The maximum Gasteiger partial charge on any atom is 0.527 e. The van der Waals surface area contributed by atoms with Crippen LogP contribution in [0.5, 0.6) is 0 Å². The largest absolute Gasteiger partial charge is 0.527 e. The van der Waals surface area contributed by atoms with Crippen molar-refractivity contribution in [1.82, 2.24) is 4.57 Å². The summed E-state index contributed by atoms with van der Waals surface area (Å²) in [5.41, 5.74) is 0. The summed E-state index contributed by atoms with van der Waals surface area (Å²) in [5, 5.41) is 0. The van der Waals surface area contributed by atoms with Gasteiger partial charge in [0.25, 0.3) is 0 Å². The fourth-order valence-corrected chi connectivity index (χ4v) is 2.30. The van der Waals surface area contributed by atoms with Gasteiger partial charge in [-0.25, -0.2) is 32.8 Å². The monoisotopic (exact) mass is 713 g/mol. The Labute approximate surface area is 224 Å². The molecule has 0 unspecified atom stereocenters. The van der Waals surface area contributed by atoms with E-state index in [1.165, 1.54) is 4.74 Å². The molecule has 1 aromatic rings. The third kappa shape index (κ3) is 10.8. The molecule has 0 saturated carbocycles. The molecule has 0 bridgehead atoms. The van der Waals surface area contributed by atoms with Gasteiger partial charge in [0.15, 0.2) is 13.1 Å². The lowest BCUT2D eigenvalue weighted by Crippen LogP contribution is -2.57. The summed E-state index contributed by atoms with van der Waals surface area (Å²) in [6.07, 6.45) is -67.3. The van der Waals surface area contributed by atoms with Crippen LogP contribution in [0.25, 0.3) is 0 Å².